The van der Waals surface area contributed by atoms with E-state index in [1.807, 2.05) is 32.4 Å². The first kappa shape index (κ1) is 25.0. The average Bonchev–Trinajstić information content (AvgIpc) is 2.35. The summed E-state index contributed by atoms with van der Waals surface area (Å²) in [5.41, 5.74) is 4.78. The predicted octanol–water partition coefficient (Wildman–Crippen LogP) is 5.21. The van der Waals surface area contributed by atoms with E-state index in [-0.39, 0.29) is 28.5 Å². The summed E-state index contributed by atoms with van der Waals surface area (Å²) in [6, 6.07) is 0. The van der Waals surface area contributed by atoms with Gasteiger partial charge < -0.3 is 7.43 Å². The molecule has 0 aliphatic heterocycles. The summed E-state index contributed by atoms with van der Waals surface area (Å²) in [6.07, 6.45) is 9.28. The summed E-state index contributed by atoms with van der Waals surface area (Å²) in [5, 5.41) is 0. The van der Waals surface area contributed by atoms with E-state index in [0.717, 1.165) is 24.0 Å². The van der Waals surface area contributed by atoms with Gasteiger partial charge in [0.1, 0.15) is 0 Å². The van der Waals surface area contributed by atoms with Crippen LogP contribution in [0, 0.1) is 21.3 Å². The molecule has 0 radical (unpaired) electrons. The van der Waals surface area contributed by atoms with Crippen molar-refractivity contribution in [2.75, 3.05) is 6.54 Å². The van der Waals surface area contributed by atoms with Crippen LogP contribution < -0.4 is 0 Å². The number of nitrogens with zero attached hydrogens (tertiary/aromatic N) is 2. The van der Waals surface area contributed by atoms with Crippen LogP contribution in [-0.2, 0) is 21.1 Å². The van der Waals surface area contributed by atoms with Crippen molar-refractivity contribution in [2.45, 2.75) is 40.5 Å². The van der Waals surface area contributed by atoms with E-state index in [9.17, 15) is 0 Å². The minimum atomic E-state index is 0. The second-order valence-electron chi connectivity index (χ2n) is 4.79. The molecule has 0 rings (SSSR count). The van der Waals surface area contributed by atoms with Crippen LogP contribution in [0.25, 0.3) is 0 Å². The summed E-state index contributed by atoms with van der Waals surface area (Å²) in [4.78, 5) is 8.48. The molecule has 0 aromatic rings. The molecule has 21 heavy (non-hydrogen) atoms. The third-order valence-corrected chi connectivity index (χ3v) is 2.89. The zero-order valence-electron chi connectivity index (χ0n) is 14.1. The smallest absolute Gasteiger partial charge is 0.0583 e. The van der Waals surface area contributed by atoms with E-state index in [1.165, 1.54) is 11.1 Å². The molecular weight excluding hydrogens is 439 g/mol. The molecule has 0 fully saturated rings. The molecule has 0 aliphatic carbocycles. The third kappa shape index (κ3) is 15.2. The molecule has 0 amide bonds. The molecule has 0 N–H and O–H groups in total. The van der Waals surface area contributed by atoms with Crippen molar-refractivity contribution in [3.8, 4) is 0 Å². The molecule has 0 heterocycles. The summed E-state index contributed by atoms with van der Waals surface area (Å²) < 4.78 is 0. The number of rotatable bonds is 7. The standard InChI is InChI=1S/C17H26N2.CH3.Pt/c1-14(2)16(5)8-12-18-10-7-11-19-13-9-17(6)15(3)4;;/h7,10,12-13H,1,3,8-9,11H2,2,4-6H3;1H3;/q-2;-1;. The summed E-state index contributed by atoms with van der Waals surface area (Å²) in [6.45, 7) is 16.6. The Hall–Kier alpha value is -1.01. The Balaban J connectivity index is -0.00000162. The average molecular weight is 469 g/mol. The van der Waals surface area contributed by atoms with Crippen molar-refractivity contribution in [2.24, 2.45) is 9.98 Å². The van der Waals surface area contributed by atoms with Crippen LogP contribution in [0.4, 0.5) is 0 Å². The second kappa shape index (κ2) is 15.4. The largest absolute Gasteiger partial charge is 0.358 e. The van der Waals surface area contributed by atoms with Crippen molar-refractivity contribution in [3.63, 3.8) is 0 Å². The van der Waals surface area contributed by atoms with E-state index < -0.39 is 0 Å². The third-order valence-electron chi connectivity index (χ3n) is 2.89. The fourth-order valence-electron chi connectivity index (χ4n) is 1.04. The first-order chi connectivity index (χ1) is 8.95. The molecule has 0 aromatic heterocycles. The van der Waals surface area contributed by atoms with Crippen molar-refractivity contribution in [3.05, 3.63) is 55.8 Å². The van der Waals surface area contributed by atoms with Gasteiger partial charge in [-0.25, -0.2) is 36.1 Å². The summed E-state index contributed by atoms with van der Waals surface area (Å²) >= 11 is 0. The molecule has 0 atom stereocenters. The van der Waals surface area contributed by atoms with Gasteiger partial charge in [-0.1, -0.05) is 26.7 Å². The van der Waals surface area contributed by atoms with Gasteiger partial charge in [-0.3, -0.25) is 9.98 Å². The Morgan fingerprint density at radius 1 is 0.905 bits per heavy atom. The van der Waals surface area contributed by atoms with Gasteiger partial charge in [0.25, 0.3) is 0 Å². The van der Waals surface area contributed by atoms with Crippen LogP contribution in [-0.4, -0.2) is 19.0 Å². The van der Waals surface area contributed by atoms with Crippen LogP contribution in [0.2, 0.25) is 0 Å². The molecule has 3 heteroatoms. The Labute approximate surface area is 146 Å². The fraction of sp³-hybridized carbons (Fsp3) is 0.389. The SMILES string of the molecule is [CH2-]C(C)=C(C)CC=NC=CCN=CCC(C)=C([CH2-])C.[CH3-].[Pt]. The zero-order chi connectivity index (χ0) is 14.7. The Morgan fingerprint density at radius 2 is 1.38 bits per heavy atom. The van der Waals surface area contributed by atoms with E-state index in [2.05, 4.69) is 37.7 Å². The van der Waals surface area contributed by atoms with Gasteiger partial charge in [0.2, 0.25) is 0 Å². The van der Waals surface area contributed by atoms with E-state index in [4.69, 9.17) is 0 Å². The molecule has 2 nitrogen and oxygen atoms in total. The van der Waals surface area contributed by atoms with Crippen molar-refractivity contribution in [1.82, 2.24) is 0 Å². The van der Waals surface area contributed by atoms with Gasteiger partial charge in [0.05, 0.1) is 6.54 Å². The summed E-state index contributed by atoms with van der Waals surface area (Å²) in [5.74, 6) is 0. The van der Waals surface area contributed by atoms with E-state index in [1.54, 1.807) is 6.20 Å². The first-order valence-electron chi connectivity index (χ1n) is 6.56. The van der Waals surface area contributed by atoms with Crippen molar-refractivity contribution < 1.29 is 21.1 Å². The molecule has 124 valence electrons. The number of hydrogen-bond donors (Lipinski definition) is 0. The molecule has 0 spiro atoms. The second-order valence-corrected chi connectivity index (χ2v) is 4.79. The maximum absolute atomic E-state index is 4.29. The molecule has 0 unspecified atom stereocenters. The molecule has 0 bridgehead atoms. The Morgan fingerprint density at radius 3 is 1.86 bits per heavy atom. The van der Waals surface area contributed by atoms with Gasteiger partial charge >= 0.3 is 0 Å². The van der Waals surface area contributed by atoms with Gasteiger partial charge in [-0.05, 0) is 18.5 Å². The number of hydrogen-bond acceptors (Lipinski definition) is 2. The Bertz CT molecular complexity index is 405. The minimum Gasteiger partial charge on any atom is -0.358 e. The van der Waals surface area contributed by atoms with E-state index in [0.29, 0.717) is 6.54 Å². The Kier molecular flexibility index (Phi) is 18.3. The first-order valence-corrected chi connectivity index (χ1v) is 6.56. The normalized spacial score (nSPS) is 13.9. The van der Waals surface area contributed by atoms with Gasteiger partial charge in [-0.15, -0.1) is 13.8 Å². The van der Waals surface area contributed by atoms with Crippen molar-refractivity contribution >= 4 is 12.4 Å². The summed E-state index contributed by atoms with van der Waals surface area (Å²) in [7, 11) is 0. The minimum absolute atomic E-state index is 0. The molecular formula is C18H29N2Pt-3. The molecule has 0 aliphatic rings. The van der Waals surface area contributed by atoms with Gasteiger partial charge in [-0.2, -0.15) is 0 Å². The maximum atomic E-state index is 4.29. The maximum Gasteiger partial charge on any atom is 0.0583 e. The number of aliphatic imine (C=N–C) groups is 2. The van der Waals surface area contributed by atoms with Crippen LogP contribution in [0.5, 0.6) is 0 Å². The fourth-order valence-corrected chi connectivity index (χ4v) is 1.04. The molecule has 0 saturated heterocycles. The quantitative estimate of drug-likeness (QED) is 0.362. The predicted molar refractivity (Wildman–Crippen MR) is 94.1 cm³/mol. The monoisotopic (exact) mass is 468 g/mol. The van der Waals surface area contributed by atoms with Crippen LogP contribution in [0.3, 0.4) is 0 Å². The zero-order valence-corrected chi connectivity index (χ0v) is 16.3. The molecule has 0 aromatic carbocycles. The van der Waals surface area contributed by atoms with Crippen LogP contribution >= 0.6 is 0 Å². The number of allylic oxidation sites excluding steroid dienone is 4. The van der Waals surface area contributed by atoms with Crippen molar-refractivity contribution in [1.29, 1.82) is 0 Å². The van der Waals surface area contributed by atoms with Crippen LogP contribution in [0.15, 0.2) is 44.6 Å². The molecule has 0 saturated carbocycles. The van der Waals surface area contributed by atoms with Gasteiger partial charge in [0.15, 0.2) is 0 Å². The topological polar surface area (TPSA) is 24.7 Å². The van der Waals surface area contributed by atoms with Gasteiger partial charge in [0, 0.05) is 27.3 Å². The van der Waals surface area contributed by atoms with Crippen LogP contribution in [0.1, 0.15) is 40.5 Å². The van der Waals surface area contributed by atoms with E-state index >= 15 is 0 Å².